The average Bonchev–Trinajstić information content (AvgIpc) is 2.59. The Hall–Kier alpha value is -2.87. The lowest BCUT2D eigenvalue weighted by atomic mass is 10.1. The van der Waals surface area contributed by atoms with E-state index in [-0.39, 0.29) is 11.9 Å². The van der Waals surface area contributed by atoms with Crippen LogP contribution in [0.15, 0.2) is 30.3 Å². The maximum absolute atomic E-state index is 11.7. The number of carbonyl (C=O) groups is 1. The number of benzene rings is 1. The molecule has 0 bridgehead atoms. The molecule has 0 radical (unpaired) electrons. The molecule has 1 saturated heterocycles. The number of nitrogen functional groups attached to an aromatic ring is 1. The van der Waals surface area contributed by atoms with Gasteiger partial charge in [0.1, 0.15) is 5.82 Å². The summed E-state index contributed by atoms with van der Waals surface area (Å²) < 4.78 is 4.98. The smallest absolute Gasteiger partial charge is 0.338 e. The highest BCUT2D eigenvalue weighted by Crippen LogP contribution is 2.20. The highest BCUT2D eigenvalue weighted by molar-refractivity contribution is 5.89. The summed E-state index contributed by atoms with van der Waals surface area (Å²) in [7, 11) is 1.96. The number of esters is 1. The molecular formula is C18H24N6O2. The summed E-state index contributed by atoms with van der Waals surface area (Å²) >= 11 is 0. The van der Waals surface area contributed by atoms with Gasteiger partial charge in [-0.25, -0.2) is 9.78 Å². The second kappa shape index (κ2) is 8.01. The molecule has 2 aromatic rings. The molecule has 1 aromatic carbocycles. The highest BCUT2D eigenvalue weighted by Gasteiger charge is 2.26. The first-order chi connectivity index (χ1) is 12.6. The van der Waals surface area contributed by atoms with Crippen molar-refractivity contribution in [3.8, 4) is 0 Å². The molecule has 3 rings (SSSR count). The van der Waals surface area contributed by atoms with E-state index in [1.807, 2.05) is 25.2 Å². The van der Waals surface area contributed by atoms with Gasteiger partial charge in [0.05, 0.1) is 24.4 Å². The van der Waals surface area contributed by atoms with Crippen molar-refractivity contribution in [2.45, 2.75) is 19.5 Å². The maximum Gasteiger partial charge on any atom is 0.338 e. The SMILES string of the molecule is CCOC(=O)c1ccc(NCc2cc(N3CC(NC)C3)nc(N)n2)cc1. The Bertz CT molecular complexity index is 759. The van der Waals surface area contributed by atoms with E-state index in [0.717, 1.165) is 30.3 Å². The van der Waals surface area contributed by atoms with Gasteiger partial charge in [-0.1, -0.05) is 0 Å². The fraction of sp³-hybridized carbons (Fsp3) is 0.389. The quantitative estimate of drug-likeness (QED) is 0.637. The number of hydrogen-bond donors (Lipinski definition) is 3. The van der Waals surface area contributed by atoms with Crippen molar-refractivity contribution in [2.24, 2.45) is 0 Å². The minimum Gasteiger partial charge on any atom is -0.462 e. The van der Waals surface area contributed by atoms with Crippen molar-refractivity contribution < 1.29 is 9.53 Å². The van der Waals surface area contributed by atoms with Crippen LogP contribution >= 0.6 is 0 Å². The second-order valence-electron chi connectivity index (χ2n) is 6.12. The molecule has 8 heteroatoms. The van der Waals surface area contributed by atoms with Crippen molar-refractivity contribution in [2.75, 3.05) is 42.7 Å². The molecule has 1 aliphatic rings. The fourth-order valence-corrected chi connectivity index (χ4v) is 2.74. The zero-order valence-electron chi connectivity index (χ0n) is 15.0. The van der Waals surface area contributed by atoms with E-state index < -0.39 is 0 Å². The summed E-state index contributed by atoms with van der Waals surface area (Å²) in [5, 5.41) is 6.52. The van der Waals surface area contributed by atoms with E-state index >= 15 is 0 Å². The van der Waals surface area contributed by atoms with Crippen LogP contribution in [0.5, 0.6) is 0 Å². The van der Waals surface area contributed by atoms with Gasteiger partial charge >= 0.3 is 5.97 Å². The van der Waals surface area contributed by atoms with Crippen LogP contribution < -0.4 is 21.3 Å². The van der Waals surface area contributed by atoms with Crippen molar-refractivity contribution in [1.82, 2.24) is 15.3 Å². The highest BCUT2D eigenvalue weighted by atomic mass is 16.5. The van der Waals surface area contributed by atoms with Crippen molar-refractivity contribution >= 4 is 23.4 Å². The van der Waals surface area contributed by atoms with Gasteiger partial charge < -0.3 is 26.0 Å². The zero-order chi connectivity index (χ0) is 18.5. The first-order valence-corrected chi connectivity index (χ1v) is 8.65. The van der Waals surface area contributed by atoms with E-state index in [1.165, 1.54) is 0 Å². The van der Waals surface area contributed by atoms with Crippen LogP contribution in [0.4, 0.5) is 17.5 Å². The molecular weight excluding hydrogens is 332 g/mol. The third-order valence-electron chi connectivity index (χ3n) is 4.27. The molecule has 0 atom stereocenters. The van der Waals surface area contributed by atoms with Gasteiger partial charge in [0.25, 0.3) is 0 Å². The fourth-order valence-electron chi connectivity index (χ4n) is 2.74. The summed E-state index contributed by atoms with van der Waals surface area (Å²) in [4.78, 5) is 22.4. The lowest BCUT2D eigenvalue weighted by molar-refractivity contribution is 0.0526. The Morgan fingerprint density at radius 2 is 2.04 bits per heavy atom. The number of likely N-dealkylation sites (N-methyl/N-ethyl adjacent to an activating group) is 1. The Balaban J connectivity index is 1.61. The summed E-state index contributed by atoms with van der Waals surface area (Å²) in [6, 6.07) is 9.58. The Labute approximate surface area is 152 Å². The predicted octanol–water partition coefficient (Wildman–Crippen LogP) is 1.26. The molecule has 1 fully saturated rings. The van der Waals surface area contributed by atoms with E-state index in [4.69, 9.17) is 10.5 Å². The molecule has 0 spiro atoms. The first-order valence-electron chi connectivity index (χ1n) is 8.65. The van der Waals surface area contributed by atoms with Gasteiger partial charge in [0.15, 0.2) is 0 Å². The monoisotopic (exact) mass is 356 g/mol. The molecule has 0 aliphatic carbocycles. The van der Waals surface area contributed by atoms with Gasteiger partial charge in [-0.15, -0.1) is 0 Å². The molecule has 0 amide bonds. The molecule has 1 aliphatic heterocycles. The Morgan fingerprint density at radius 3 is 2.69 bits per heavy atom. The van der Waals surface area contributed by atoms with Crippen LogP contribution in [-0.2, 0) is 11.3 Å². The molecule has 26 heavy (non-hydrogen) atoms. The van der Waals surface area contributed by atoms with Gasteiger partial charge in [-0.05, 0) is 38.2 Å². The van der Waals surface area contributed by atoms with Crippen LogP contribution in [0, 0.1) is 0 Å². The molecule has 0 saturated carbocycles. The van der Waals surface area contributed by atoms with Crippen molar-refractivity contribution in [1.29, 1.82) is 0 Å². The number of nitrogens with zero attached hydrogens (tertiary/aromatic N) is 3. The molecule has 0 unspecified atom stereocenters. The van der Waals surface area contributed by atoms with Crippen LogP contribution in [0.2, 0.25) is 0 Å². The van der Waals surface area contributed by atoms with E-state index in [2.05, 4.69) is 25.5 Å². The minimum atomic E-state index is -0.318. The van der Waals surface area contributed by atoms with Crippen molar-refractivity contribution in [3.05, 3.63) is 41.6 Å². The summed E-state index contributed by atoms with van der Waals surface area (Å²) in [6.45, 7) is 4.49. The molecule has 4 N–H and O–H groups in total. The number of hydrogen-bond acceptors (Lipinski definition) is 8. The number of aromatic nitrogens is 2. The summed E-state index contributed by atoms with van der Waals surface area (Å²) in [6.07, 6.45) is 0. The molecule has 138 valence electrons. The third kappa shape index (κ3) is 4.20. The summed E-state index contributed by atoms with van der Waals surface area (Å²) in [5.74, 6) is 0.796. The lowest BCUT2D eigenvalue weighted by Gasteiger charge is -2.40. The van der Waals surface area contributed by atoms with E-state index in [9.17, 15) is 4.79 Å². The van der Waals surface area contributed by atoms with Gasteiger partial charge in [-0.3, -0.25) is 0 Å². The van der Waals surface area contributed by atoms with Crippen LogP contribution in [0.3, 0.4) is 0 Å². The van der Waals surface area contributed by atoms with Gasteiger partial charge in [0.2, 0.25) is 5.95 Å². The average molecular weight is 356 g/mol. The largest absolute Gasteiger partial charge is 0.462 e. The number of ether oxygens (including phenoxy) is 1. The van der Waals surface area contributed by atoms with Crippen LogP contribution in [-0.4, -0.2) is 48.7 Å². The third-order valence-corrected chi connectivity index (χ3v) is 4.27. The topological polar surface area (TPSA) is 105 Å². The number of nitrogens with two attached hydrogens (primary N) is 1. The normalized spacial score (nSPS) is 14.0. The number of nitrogens with one attached hydrogen (secondary N) is 2. The van der Waals surface area contributed by atoms with Gasteiger partial charge in [0, 0.05) is 30.9 Å². The van der Waals surface area contributed by atoms with Crippen LogP contribution in [0.1, 0.15) is 23.0 Å². The molecule has 8 nitrogen and oxygen atoms in total. The molecule has 1 aromatic heterocycles. The standard InChI is InChI=1S/C18H24N6O2/c1-3-26-17(25)12-4-6-13(7-5-12)21-9-14-8-16(23-18(19)22-14)24-10-15(11-24)20-2/h4-8,15,20-21H,3,9-11H2,1-2H3,(H2,19,22,23). The maximum atomic E-state index is 11.7. The van der Waals surface area contributed by atoms with Crippen molar-refractivity contribution in [3.63, 3.8) is 0 Å². The number of carbonyl (C=O) groups excluding carboxylic acids is 1. The molecule has 2 heterocycles. The number of rotatable bonds is 7. The first kappa shape index (κ1) is 17.9. The predicted molar refractivity (Wildman–Crippen MR) is 101 cm³/mol. The minimum absolute atomic E-state index is 0.268. The lowest BCUT2D eigenvalue weighted by Crippen LogP contribution is -2.57. The van der Waals surface area contributed by atoms with Crippen LogP contribution in [0.25, 0.3) is 0 Å². The van der Waals surface area contributed by atoms with E-state index in [1.54, 1.807) is 19.1 Å². The number of anilines is 3. The van der Waals surface area contributed by atoms with E-state index in [0.29, 0.717) is 24.8 Å². The van der Waals surface area contributed by atoms with Gasteiger partial charge in [-0.2, -0.15) is 4.98 Å². The Morgan fingerprint density at radius 1 is 1.31 bits per heavy atom. The second-order valence-corrected chi connectivity index (χ2v) is 6.12. The Kier molecular flexibility index (Phi) is 5.52. The summed E-state index contributed by atoms with van der Waals surface area (Å²) in [5.41, 5.74) is 8.08. The zero-order valence-corrected chi connectivity index (χ0v) is 15.0.